The maximum Gasteiger partial charge on any atom is 0.0745 e. The molecule has 0 spiro atoms. The average Bonchev–Trinajstić information content (AvgIpc) is 2.32. The van der Waals surface area contributed by atoms with Crippen LogP contribution in [0.25, 0.3) is 0 Å². The molecule has 1 saturated heterocycles. The largest absolute Gasteiger partial charge is 0.389 e. The summed E-state index contributed by atoms with van der Waals surface area (Å²) in [5.41, 5.74) is 0.0287. The normalized spacial score (nSPS) is 31.0. The van der Waals surface area contributed by atoms with E-state index in [0.717, 1.165) is 30.8 Å². The number of thioether (sulfide) groups is 1. The van der Waals surface area contributed by atoms with Gasteiger partial charge in [-0.05, 0) is 30.4 Å². The first-order valence-electron chi connectivity index (χ1n) is 4.72. The third-order valence-electron chi connectivity index (χ3n) is 2.42. The molecule has 0 amide bonds. The Morgan fingerprint density at radius 2 is 2.08 bits per heavy atom. The van der Waals surface area contributed by atoms with Crippen molar-refractivity contribution in [3.05, 3.63) is 0 Å². The molecule has 0 aromatic carbocycles. The first-order chi connectivity index (χ1) is 5.41. The van der Waals surface area contributed by atoms with Crippen LogP contribution in [0.1, 0.15) is 40.0 Å². The van der Waals surface area contributed by atoms with Gasteiger partial charge >= 0.3 is 0 Å². The van der Waals surface area contributed by atoms with Crippen molar-refractivity contribution in [2.24, 2.45) is 5.41 Å². The van der Waals surface area contributed by atoms with Crippen LogP contribution in [-0.4, -0.2) is 22.2 Å². The minimum atomic E-state index is -0.335. The molecular weight excluding hydrogens is 168 g/mol. The van der Waals surface area contributed by atoms with E-state index >= 15 is 0 Å². The van der Waals surface area contributed by atoms with Crippen LogP contribution in [0.5, 0.6) is 0 Å². The molecule has 1 fully saturated rings. The third kappa shape index (κ3) is 3.36. The van der Waals surface area contributed by atoms with Crippen LogP contribution in [-0.2, 0) is 0 Å². The van der Waals surface area contributed by atoms with Crippen molar-refractivity contribution < 1.29 is 5.11 Å². The van der Waals surface area contributed by atoms with E-state index in [0.29, 0.717) is 5.41 Å². The van der Waals surface area contributed by atoms with E-state index in [-0.39, 0.29) is 5.60 Å². The van der Waals surface area contributed by atoms with Crippen molar-refractivity contribution in [2.45, 2.75) is 45.6 Å². The minimum absolute atomic E-state index is 0.335. The molecule has 0 radical (unpaired) electrons. The minimum Gasteiger partial charge on any atom is -0.389 e. The molecule has 1 rings (SSSR count). The first-order valence-corrected chi connectivity index (χ1v) is 5.87. The second-order valence-electron chi connectivity index (χ2n) is 5.09. The van der Waals surface area contributed by atoms with Crippen LogP contribution in [0.2, 0.25) is 0 Å². The van der Waals surface area contributed by atoms with Gasteiger partial charge in [0.05, 0.1) is 5.60 Å². The van der Waals surface area contributed by atoms with E-state index in [1.54, 1.807) is 0 Å². The summed E-state index contributed by atoms with van der Waals surface area (Å²) < 4.78 is 0. The maximum atomic E-state index is 10.0. The van der Waals surface area contributed by atoms with Crippen LogP contribution >= 0.6 is 11.8 Å². The third-order valence-corrected chi connectivity index (χ3v) is 3.66. The molecule has 1 unspecified atom stereocenters. The van der Waals surface area contributed by atoms with E-state index in [9.17, 15) is 5.11 Å². The molecule has 1 nitrogen and oxygen atoms in total. The van der Waals surface area contributed by atoms with Gasteiger partial charge < -0.3 is 5.11 Å². The van der Waals surface area contributed by atoms with Gasteiger partial charge in [-0.3, -0.25) is 0 Å². The van der Waals surface area contributed by atoms with Crippen molar-refractivity contribution in [2.75, 3.05) is 11.5 Å². The number of hydrogen-bond acceptors (Lipinski definition) is 2. The maximum absolute atomic E-state index is 10.0. The fourth-order valence-corrected chi connectivity index (χ4v) is 2.74. The molecule has 2 heteroatoms. The van der Waals surface area contributed by atoms with Gasteiger partial charge in [-0.2, -0.15) is 11.8 Å². The van der Waals surface area contributed by atoms with Crippen molar-refractivity contribution in [1.82, 2.24) is 0 Å². The SMILES string of the molecule is CC(C)(C)CCC1(O)CCSC1. The smallest absolute Gasteiger partial charge is 0.0745 e. The van der Waals surface area contributed by atoms with E-state index < -0.39 is 0 Å². The molecule has 1 N–H and O–H groups in total. The van der Waals surface area contributed by atoms with Gasteiger partial charge in [-0.1, -0.05) is 20.8 Å². The molecule has 0 aromatic heterocycles. The van der Waals surface area contributed by atoms with Crippen LogP contribution < -0.4 is 0 Å². The number of rotatable bonds is 2. The molecule has 1 aliphatic heterocycles. The standard InChI is InChI=1S/C10H20OS/c1-9(2,3)4-5-10(11)6-7-12-8-10/h11H,4-8H2,1-3H3. The Labute approximate surface area is 79.9 Å². The van der Waals surface area contributed by atoms with Gasteiger partial charge in [0, 0.05) is 5.75 Å². The Balaban J connectivity index is 2.30. The topological polar surface area (TPSA) is 20.2 Å². The van der Waals surface area contributed by atoms with Gasteiger partial charge in [-0.15, -0.1) is 0 Å². The summed E-state index contributed by atoms with van der Waals surface area (Å²) in [4.78, 5) is 0. The summed E-state index contributed by atoms with van der Waals surface area (Å²) >= 11 is 1.88. The fraction of sp³-hybridized carbons (Fsp3) is 1.00. The predicted octanol–water partition coefficient (Wildman–Crippen LogP) is 2.68. The summed E-state index contributed by atoms with van der Waals surface area (Å²) in [6, 6.07) is 0. The fourth-order valence-electron chi connectivity index (χ4n) is 1.40. The lowest BCUT2D eigenvalue weighted by molar-refractivity contribution is 0.0469. The van der Waals surface area contributed by atoms with E-state index in [1.165, 1.54) is 0 Å². The van der Waals surface area contributed by atoms with E-state index in [1.807, 2.05) is 11.8 Å². The molecule has 1 heterocycles. The second kappa shape index (κ2) is 3.59. The van der Waals surface area contributed by atoms with Crippen LogP contribution in [0.3, 0.4) is 0 Å². The molecule has 0 aromatic rings. The molecule has 12 heavy (non-hydrogen) atoms. The van der Waals surface area contributed by atoms with E-state index in [2.05, 4.69) is 20.8 Å². The van der Waals surface area contributed by atoms with Gasteiger partial charge in [0.2, 0.25) is 0 Å². The van der Waals surface area contributed by atoms with Crippen LogP contribution in [0.15, 0.2) is 0 Å². The quantitative estimate of drug-likeness (QED) is 0.719. The summed E-state index contributed by atoms with van der Waals surface area (Å²) in [7, 11) is 0. The highest BCUT2D eigenvalue weighted by Crippen LogP contribution is 2.34. The highest BCUT2D eigenvalue weighted by Gasteiger charge is 2.32. The first kappa shape index (κ1) is 10.4. The van der Waals surface area contributed by atoms with Gasteiger partial charge in [-0.25, -0.2) is 0 Å². The van der Waals surface area contributed by atoms with Gasteiger partial charge in [0.15, 0.2) is 0 Å². The molecular formula is C10H20OS. The van der Waals surface area contributed by atoms with Gasteiger partial charge in [0.1, 0.15) is 0 Å². The van der Waals surface area contributed by atoms with Gasteiger partial charge in [0.25, 0.3) is 0 Å². The van der Waals surface area contributed by atoms with Crippen molar-refractivity contribution in [1.29, 1.82) is 0 Å². The summed E-state index contributed by atoms with van der Waals surface area (Å²) in [6.45, 7) is 6.70. The van der Waals surface area contributed by atoms with Crippen molar-refractivity contribution >= 4 is 11.8 Å². The Bertz CT molecular complexity index is 142. The zero-order valence-electron chi connectivity index (χ0n) is 8.39. The lowest BCUT2D eigenvalue weighted by Gasteiger charge is -2.26. The monoisotopic (exact) mass is 188 g/mol. The van der Waals surface area contributed by atoms with E-state index in [4.69, 9.17) is 0 Å². The Hall–Kier alpha value is 0.310. The molecule has 72 valence electrons. The second-order valence-corrected chi connectivity index (χ2v) is 6.19. The zero-order chi connectivity index (χ0) is 9.24. The highest BCUT2D eigenvalue weighted by molar-refractivity contribution is 7.99. The molecule has 1 atom stereocenters. The Morgan fingerprint density at radius 3 is 2.50 bits per heavy atom. The number of aliphatic hydroxyl groups is 1. The summed E-state index contributed by atoms with van der Waals surface area (Å²) in [5, 5.41) is 10.0. The lowest BCUT2D eigenvalue weighted by atomic mass is 9.84. The lowest BCUT2D eigenvalue weighted by Crippen LogP contribution is -2.29. The summed E-state index contributed by atoms with van der Waals surface area (Å²) in [5.74, 6) is 2.09. The Morgan fingerprint density at radius 1 is 1.42 bits per heavy atom. The predicted molar refractivity (Wildman–Crippen MR) is 55.6 cm³/mol. The van der Waals surface area contributed by atoms with Crippen LogP contribution in [0, 0.1) is 5.41 Å². The summed E-state index contributed by atoms with van der Waals surface area (Å²) in [6.07, 6.45) is 3.10. The average molecular weight is 188 g/mol. The Kier molecular flexibility index (Phi) is 3.11. The van der Waals surface area contributed by atoms with Crippen molar-refractivity contribution in [3.63, 3.8) is 0 Å². The zero-order valence-corrected chi connectivity index (χ0v) is 9.21. The molecule has 1 aliphatic rings. The molecule has 0 saturated carbocycles. The highest BCUT2D eigenvalue weighted by atomic mass is 32.2. The molecule has 0 bridgehead atoms. The number of hydrogen-bond donors (Lipinski definition) is 1. The van der Waals surface area contributed by atoms with Crippen molar-refractivity contribution in [3.8, 4) is 0 Å². The molecule has 0 aliphatic carbocycles. The van der Waals surface area contributed by atoms with Crippen LogP contribution in [0.4, 0.5) is 0 Å².